The van der Waals surface area contributed by atoms with Crippen LogP contribution in [0.1, 0.15) is 11.6 Å². The predicted molar refractivity (Wildman–Crippen MR) is 90.9 cm³/mol. The van der Waals surface area contributed by atoms with Crippen molar-refractivity contribution in [1.29, 1.82) is 0 Å². The largest absolute Gasteiger partial charge is 0.497 e. The van der Waals surface area contributed by atoms with Crippen molar-refractivity contribution in [2.75, 3.05) is 19.1 Å². The SMILES string of the molecule is COc1cccc(C(N(C)c2ccccc2)C(Cl)(Cl)Cl)c1. The molecule has 0 fully saturated rings. The van der Waals surface area contributed by atoms with E-state index in [1.54, 1.807) is 7.11 Å². The van der Waals surface area contributed by atoms with E-state index in [-0.39, 0.29) is 0 Å². The van der Waals surface area contributed by atoms with Crippen LogP contribution in [0.2, 0.25) is 0 Å². The number of alkyl halides is 3. The molecule has 1 atom stereocenters. The minimum Gasteiger partial charge on any atom is -0.497 e. The van der Waals surface area contributed by atoms with Gasteiger partial charge in [-0.3, -0.25) is 0 Å². The molecule has 21 heavy (non-hydrogen) atoms. The second kappa shape index (κ2) is 6.78. The Kier molecular flexibility index (Phi) is 5.26. The molecule has 0 saturated carbocycles. The van der Waals surface area contributed by atoms with E-state index in [9.17, 15) is 0 Å². The van der Waals surface area contributed by atoms with Crippen LogP contribution in [0.15, 0.2) is 54.6 Å². The molecule has 0 spiro atoms. The van der Waals surface area contributed by atoms with Gasteiger partial charge in [0.15, 0.2) is 0 Å². The van der Waals surface area contributed by atoms with Crippen molar-refractivity contribution in [2.45, 2.75) is 9.83 Å². The van der Waals surface area contributed by atoms with Gasteiger partial charge < -0.3 is 9.64 Å². The quantitative estimate of drug-likeness (QED) is 0.703. The maximum atomic E-state index is 6.22. The number of benzene rings is 2. The highest BCUT2D eigenvalue weighted by Crippen LogP contribution is 2.45. The molecule has 0 aliphatic heterocycles. The minimum atomic E-state index is -1.48. The van der Waals surface area contributed by atoms with Gasteiger partial charge in [0, 0.05) is 12.7 Å². The Labute approximate surface area is 140 Å². The summed E-state index contributed by atoms with van der Waals surface area (Å²) >= 11 is 18.7. The summed E-state index contributed by atoms with van der Waals surface area (Å²) in [5, 5.41) is 0. The molecule has 2 rings (SSSR count). The second-order valence-electron chi connectivity index (χ2n) is 4.67. The van der Waals surface area contributed by atoms with Gasteiger partial charge in [0.25, 0.3) is 0 Å². The van der Waals surface area contributed by atoms with E-state index in [0.29, 0.717) is 0 Å². The van der Waals surface area contributed by atoms with Crippen LogP contribution >= 0.6 is 34.8 Å². The molecule has 0 aliphatic carbocycles. The molecule has 5 heteroatoms. The van der Waals surface area contributed by atoms with Crippen LogP contribution in [0.5, 0.6) is 5.75 Å². The van der Waals surface area contributed by atoms with Gasteiger partial charge in [-0.2, -0.15) is 0 Å². The van der Waals surface area contributed by atoms with Crippen LogP contribution in [-0.4, -0.2) is 18.0 Å². The zero-order valence-electron chi connectivity index (χ0n) is 11.8. The Morgan fingerprint density at radius 1 is 1.00 bits per heavy atom. The first-order valence-corrected chi connectivity index (χ1v) is 7.55. The van der Waals surface area contributed by atoms with E-state index in [4.69, 9.17) is 39.5 Å². The lowest BCUT2D eigenvalue weighted by molar-refractivity contribution is 0.413. The lowest BCUT2D eigenvalue weighted by atomic mass is 10.1. The molecule has 0 aromatic heterocycles. The molecule has 2 nitrogen and oxygen atoms in total. The van der Waals surface area contributed by atoms with Crippen LogP contribution in [0, 0.1) is 0 Å². The standard InChI is InChI=1S/C16H16Cl3NO/c1-20(13-8-4-3-5-9-13)15(16(17,18)19)12-7-6-10-14(11-12)21-2/h3-11,15H,1-2H3. The van der Waals surface area contributed by atoms with Crippen molar-refractivity contribution in [2.24, 2.45) is 0 Å². The highest BCUT2D eigenvalue weighted by atomic mass is 35.6. The zero-order chi connectivity index (χ0) is 15.5. The fourth-order valence-corrected chi connectivity index (χ4v) is 3.07. The van der Waals surface area contributed by atoms with Crippen molar-refractivity contribution in [3.63, 3.8) is 0 Å². The van der Waals surface area contributed by atoms with Gasteiger partial charge >= 0.3 is 0 Å². The molecule has 0 N–H and O–H groups in total. The Hall–Kier alpha value is -1.09. The molecule has 0 heterocycles. The number of hydrogen-bond acceptors (Lipinski definition) is 2. The molecule has 2 aromatic carbocycles. The second-order valence-corrected chi connectivity index (χ2v) is 7.04. The van der Waals surface area contributed by atoms with Crippen molar-refractivity contribution < 1.29 is 4.74 Å². The summed E-state index contributed by atoms with van der Waals surface area (Å²) in [6, 6.07) is 16.9. The van der Waals surface area contributed by atoms with Gasteiger partial charge in [0.2, 0.25) is 3.79 Å². The molecule has 0 amide bonds. The van der Waals surface area contributed by atoms with Crippen molar-refractivity contribution in [3.05, 3.63) is 60.2 Å². The molecule has 1 unspecified atom stereocenters. The maximum Gasteiger partial charge on any atom is 0.214 e. The van der Waals surface area contributed by atoms with Crippen LogP contribution < -0.4 is 9.64 Å². The Morgan fingerprint density at radius 2 is 1.67 bits per heavy atom. The third-order valence-corrected chi connectivity index (χ3v) is 3.89. The van der Waals surface area contributed by atoms with Gasteiger partial charge in [-0.05, 0) is 29.8 Å². The number of ether oxygens (including phenoxy) is 1. The number of rotatable bonds is 4. The summed E-state index contributed by atoms with van der Waals surface area (Å²) in [6.45, 7) is 0. The number of methoxy groups -OCH3 is 1. The number of halogens is 3. The third-order valence-electron chi connectivity index (χ3n) is 3.27. The van der Waals surface area contributed by atoms with Crippen molar-refractivity contribution in [3.8, 4) is 5.75 Å². The topological polar surface area (TPSA) is 12.5 Å². The highest BCUT2D eigenvalue weighted by Gasteiger charge is 2.37. The number of nitrogens with zero attached hydrogens (tertiary/aromatic N) is 1. The number of hydrogen-bond donors (Lipinski definition) is 0. The zero-order valence-corrected chi connectivity index (χ0v) is 14.0. The average molecular weight is 345 g/mol. The Bertz CT molecular complexity index is 584. The third kappa shape index (κ3) is 3.97. The minimum absolute atomic E-state index is 0.431. The summed E-state index contributed by atoms with van der Waals surface area (Å²) in [4.78, 5) is 1.95. The predicted octanol–water partition coefficient (Wildman–Crippen LogP) is 5.24. The van der Waals surface area contributed by atoms with Crippen molar-refractivity contribution >= 4 is 40.5 Å². The van der Waals surface area contributed by atoms with Crippen molar-refractivity contribution in [1.82, 2.24) is 0 Å². The summed E-state index contributed by atoms with van der Waals surface area (Å²) < 4.78 is 3.78. The summed E-state index contributed by atoms with van der Waals surface area (Å²) in [7, 11) is 3.52. The summed E-state index contributed by atoms with van der Waals surface area (Å²) in [5.74, 6) is 0.730. The molecule has 0 bridgehead atoms. The van der Waals surface area contributed by atoms with Gasteiger partial charge in [-0.25, -0.2) is 0 Å². The Morgan fingerprint density at radius 3 is 2.24 bits per heavy atom. The number of anilines is 1. The highest BCUT2D eigenvalue weighted by molar-refractivity contribution is 6.68. The molecular formula is C16H16Cl3NO. The Balaban J connectivity index is 2.44. The monoisotopic (exact) mass is 343 g/mol. The molecular weight excluding hydrogens is 329 g/mol. The summed E-state index contributed by atoms with van der Waals surface area (Å²) in [6.07, 6.45) is 0. The van der Waals surface area contributed by atoms with Crippen LogP contribution in [0.25, 0.3) is 0 Å². The molecule has 2 aromatic rings. The molecule has 0 radical (unpaired) electrons. The molecule has 0 saturated heterocycles. The van der Waals surface area contributed by atoms with E-state index >= 15 is 0 Å². The van der Waals surface area contributed by atoms with Gasteiger partial charge in [-0.15, -0.1) is 0 Å². The normalized spacial score (nSPS) is 12.8. The van der Waals surface area contributed by atoms with Gasteiger partial charge in [-0.1, -0.05) is 65.1 Å². The fourth-order valence-electron chi connectivity index (χ4n) is 2.26. The molecule has 0 aliphatic rings. The summed E-state index contributed by atoms with van der Waals surface area (Å²) in [5.41, 5.74) is 1.84. The fraction of sp³-hybridized carbons (Fsp3) is 0.250. The van der Waals surface area contributed by atoms with E-state index in [1.165, 1.54) is 0 Å². The first kappa shape index (κ1) is 16.3. The first-order valence-electron chi connectivity index (χ1n) is 6.42. The van der Waals surface area contributed by atoms with E-state index in [0.717, 1.165) is 17.0 Å². The van der Waals surface area contributed by atoms with Gasteiger partial charge in [0.1, 0.15) is 11.8 Å². The lowest BCUT2D eigenvalue weighted by Gasteiger charge is -2.35. The van der Waals surface area contributed by atoms with Crippen LogP contribution in [0.4, 0.5) is 5.69 Å². The maximum absolute atomic E-state index is 6.22. The number of para-hydroxylation sites is 1. The van der Waals surface area contributed by atoms with E-state index in [1.807, 2.05) is 66.5 Å². The lowest BCUT2D eigenvalue weighted by Crippen LogP contribution is -2.34. The first-order chi connectivity index (χ1) is 9.93. The molecule has 112 valence electrons. The van der Waals surface area contributed by atoms with E-state index in [2.05, 4.69) is 0 Å². The van der Waals surface area contributed by atoms with Gasteiger partial charge in [0.05, 0.1) is 7.11 Å². The van der Waals surface area contributed by atoms with Crippen LogP contribution in [0.3, 0.4) is 0 Å². The smallest absolute Gasteiger partial charge is 0.214 e. The van der Waals surface area contributed by atoms with E-state index < -0.39 is 9.83 Å². The average Bonchev–Trinajstić information content (AvgIpc) is 2.47. The van der Waals surface area contributed by atoms with Crippen LogP contribution in [-0.2, 0) is 0 Å².